The number of carboxylic acid groups (broad SMARTS) is 1. The number of nitrogens with zero attached hydrogens (tertiary/aromatic N) is 1. The van der Waals surface area contributed by atoms with Gasteiger partial charge in [-0.1, -0.05) is 30.3 Å². The van der Waals surface area contributed by atoms with E-state index >= 15 is 0 Å². The molecule has 0 N–H and O–H groups in total. The van der Waals surface area contributed by atoms with Crippen molar-refractivity contribution >= 4 is 23.3 Å². The van der Waals surface area contributed by atoms with Crippen molar-refractivity contribution in [2.75, 3.05) is 0 Å². The molecule has 0 amide bonds. The fourth-order valence-corrected chi connectivity index (χ4v) is 2.35. The summed E-state index contributed by atoms with van der Waals surface area (Å²) in [5.41, 5.74) is 1.15. The SMILES string of the molecule is O=C([O-])/C(=C\c1ccc(-c2ccc([N+](=O)[O-])cc2)o1)c1ccccc1. The van der Waals surface area contributed by atoms with E-state index in [1.54, 1.807) is 54.6 Å². The highest BCUT2D eigenvalue weighted by Crippen LogP contribution is 2.26. The smallest absolute Gasteiger partial charge is 0.269 e. The largest absolute Gasteiger partial charge is 0.545 e. The molecule has 0 saturated carbocycles. The first-order valence-electron chi connectivity index (χ1n) is 7.38. The molecule has 6 heteroatoms. The highest BCUT2D eigenvalue weighted by molar-refractivity contribution is 6.19. The Morgan fingerprint density at radius 2 is 1.64 bits per heavy atom. The molecule has 0 unspecified atom stereocenters. The third kappa shape index (κ3) is 3.64. The van der Waals surface area contributed by atoms with E-state index in [9.17, 15) is 20.0 Å². The van der Waals surface area contributed by atoms with Gasteiger partial charge in [0.15, 0.2) is 0 Å². The second kappa shape index (κ2) is 6.84. The van der Waals surface area contributed by atoms with Crippen LogP contribution in [0.4, 0.5) is 5.69 Å². The van der Waals surface area contributed by atoms with Crippen molar-refractivity contribution in [3.8, 4) is 11.3 Å². The van der Waals surface area contributed by atoms with Gasteiger partial charge in [-0.2, -0.15) is 0 Å². The Bertz CT molecular complexity index is 939. The van der Waals surface area contributed by atoms with Crippen molar-refractivity contribution in [1.29, 1.82) is 0 Å². The number of carbonyl (C=O) groups is 1. The average molecular weight is 334 g/mol. The number of non-ortho nitro benzene ring substituents is 1. The fraction of sp³-hybridized carbons (Fsp3) is 0. The average Bonchev–Trinajstić information content (AvgIpc) is 3.09. The van der Waals surface area contributed by atoms with Gasteiger partial charge in [-0.15, -0.1) is 0 Å². The van der Waals surface area contributed by atoms with Gasteiger partial charge in [0.05, 0.1) is 10.9 Å². The van der Waals surface area contributed by atoms with Crippen molar-refractivity contribution < 1.29 is 19.2 Å². The van der Waals surface area contributed by atoms with E-state index in [2.05, 4.69) is 0 Å². The lowest BCUT2D eigenvalue weighted by atomic mass is 10.1. The zero-order valence-electron chi connectivity index (χ0n) is 12.9. The molecule has 0 saturated heterocycles. The van der Waals surface area contributed by atoms with Gasteiger partial charge in [0.1, 0.15) is 11.5 Å². The summed E-state index contributed by atoms with van der Waals surface area (Å²) in [6, 6.07) is 17.8. The normalized spacial score (nSPS) is 11.3. The molecule has 0 spiro atoms. The summed E-state index contributed by atoms with van der Waals surface area (Å²) in [5, 5.41) is 22.1. The topological polar surface area (TPSA) is 96.4 Å². The summed E-state index contributed by atoms with van der Waals surface area (Å²) in [4.78, 5) is 21.6. The van der Waals surface area contributed by atoms with Crippen LogP contribution in [0.5, 0.6) is 0 Å². The Morgan fingerprint density at radius 3 is 2.24 bits per heavy atom. The first kappa shape index (κ1) is 16.2. The molecule has 0 aliphatic heterocycles. The molecule has 124 valence electrons. The molecule has 6 nitrogen and oxygen atoms in total. The lowest BCUT2D eigenvalue weighted by Gasteiger charge is -2.07. The summed E-state index contributed by atoms with van der Waals surface area (Å²) in [6.45, 7) is 0. The van der Waals surface area contributed by atoms with Crippen LogP contribution < -0.4 is 5.11 Å². The van der Waals surface area contributed by atoms with Crippen molar-refractivity contribution in [2.24, 2.45) is 0 Å². The van der Waals surface area contributed by atoms with Crippen LogP contribution in [0.1, 0.15) is 11.3 Å². The molecule has 0 atom stereocenters. The van der Waals surface area contributed by atoms with Crippen LogP contribution in [0.3, 0.4) is 0 Å². The van der Waals surface area contributed by atoms with E-state index in [-0.39, 0.29) is 11.3 Å². The number of rotatable bonds is 5. The molecule has 1 heterocycles. The highest BCUT2D eigenvalue weighted by atomic mass is 16.6. The van der Waals surface area contributed by atoms with Crippen molar-refractivity contribution in [2.45, 2.75) is 0 Å². The molecule has 2 aromatic carbocycles. The lowest BCUT2D eigenvalue weighted by Crippen LogP contribution is -2.23. The summed E-state index contributed by atoms with van der Waals surface area (Å²) in [5.74, 6) is -0.484. The highest BCUT2D eigenvalue weighted by Gasteiger charge is 2.09. The van der Waals surface area contributed by atoms with Crippen molar-refractivity contribution in [1.82, 2.24) is 0 Å². The van der Waals surface area contributed by atoms with Crippen LogP contribution >= 0.6 is 0 Å². The third-order valence-electron chi connectivity index (χ3n) is 3.58. The minimum absolute atomic E-state index is 0.00481. The maximum Gasteiger partial charge on any atom is 0.269 e. The van der Waals surface area contributed by atoms with Gasteiger partial charge in [-0.05, 0) is 35.9 Å². The van der Waals surface area contributed by atoms with Crippen LogP contribution in [-0.4, -0.2) is 10.9 Å². The van der Waals surface area contributed by atoms with E-state index in [1.807, 2.05) is 0 Å². The summed E-state index contributed by atoms with van der Waals surface area (Å²) in [7, 11) is 0. The first-order chi connectivity index (χ1) is 12.0. The molecular formula is C19H12NO5-. The zero-order chi connectivity index (χ0) is 17.8. The van der Waals surface area contributed by atoms with Gasteiger partial charge < -0.3 is 14.3 Å². The van der Waals surface area contributed by atoms with Gasteiger partial charge in [0, 0.05) is 23.3 Å². The Labute approximate surface area is 142 Å². The predicted octanol–water partition coefficient (Wildman–Crippen LogP) is 3.15. The number of aliphatic carboxylic acids is 1. The van der Waals surface area contributed by atoms with Gasteiger partial charge >= 0.3 is 0 Å². The molecule has 0 aliphatic carbocycles. The van der Waals surface area contributed by atoms with Gasteiger partial charge in [0.2, 0.25) is 0 Å². The Balaban J connectivity index is 1.92. The third-order valence-corrected chi connectivity index (χ3v) is 3.58. The number of nitro groups is 1. The second-order valence-corrected chi connectivity index (χ2v) is 5.22. The standard InChI is InChI=1S/C19H13NO5/c21-19(22)17(13-4-2-1-3-5-13)12-16-10-11-18(25-16)14-6-8-15(9-7-14)20(23)24/h1-12H,(H,21,22)/p-1/b17-12-. The molecule has 0 aliphatic rings. The molecular weight excluding hydrogens is 322 g/mol. The van der Waals surface area contributed by atoms with E-state index < -0.39 is 10.9 Å². The minimum Gasteiger partial charge on any atom is -0.545 e. The first-order valence-corrected chi connectivity index (χ1v) is 7.38. The number of carboxylic acids is 1. The van der Waals surface area contributed by atoms with E-state index in [0.717, 1.165) is 0 Å². The molecule has 0 bridgehead atoms. The number of furan rings is 1. The molecule has 25 heavy (non-hydrogen) atoms. The quantitative estimate of drug-likeness (QED) is 0.406. The zero-order valence-corrected chi connectivity index (χ0v) is 12.9. The fourth-order valence-electron chi connectivity index (χ4n) is 2.35. The monoisotopic (exact) mass is 334 g/mol. The van der Waals surface area contributed by atoms with E-state index in [0.29, 0.717) is 22.6 Å². The van der Waals surface area contributed by atoms with Gasteiger partial charge in [0.25, 0.3) is 5.69 Å². The number of benzene rings is 2. The predicted molar refractivity (Wildman–Crippen MR) is 90.1 cm³/mol. The number of nitro benzene ring substituents is 1. The van der Waals surface area contributed by atoms with Gasteiger partial charge in [-0.25, -0.2) is 0 Å². The van der Waals surface area contributed by atoms with Gasteiger partial charge in [-0.3, -0.25) is 10.1 Å². The van der Waals surface area contributed by atoms with E-state index in [4.69, 9.17) is 4.42 Å². The van der Waals surface area contributed by atoms with Crippen LogP contribution in [0.15, 0.2) is 71.1 Å². The summed E-state index contributed by atoms with van der Waals surface area (Å²) < 4.78 is 5.63. The number of hydrogen-bond donors (Lipinski definition) is 0. The summed E-state index contributed by atoms with van der Waals surface area (Å²) >= 11 is 0. The maximum absolute atomic E-state index is 11.4. The van der Waals surface area contributed by atoms with Crippen molar-refractivity contribution in [3.05, 3.63) is 88.2 Å². The van der Waals surface area contributed by atoms with Crippen LogP contribution in [-0.2, 0) is 4.79 Å². The van der Waals surface area contributed by atoms with Crippen LogP contribution in [0.25, 0.3) is 23.0 Å². The van der Waals surface area contributed by atoms with Crippen molar-refractivity contribution in [3.63, 3.8) is 0 Å². The Kier molecular flexibility index (Phi) is 4.43. The molecule has 1 aromatic heterocycles. The number of carbonyl (C=O) groups excluding carboxylic acids is 1. The second-order valence-electron chi connectivity index (χ2n) is 5.22. The minimum atomic E-state index is -1.31. The lowest BCUT2D eigenvalue weighted by molar-refractivity contribution is -0.384. The molecule has 3 aromatic rings. The molecule has 0 radical (unpaired) electrons. The maximum atomic E-state index is 11.4. The Morgan fingerprint density at radius 1 is 0.960 bits per heavy atom. The van der Waals surface area contributed by atoms with Crippen LogP contribution in [0, 0.1) is 10.1 Å². The molecule has 0 fully saturated rings. The summed E-state index contributed by atoms with van der Waals surface area (Å²) in [6.07, 6.45) is 1.39. The van der Waals surface area contributed by atoms with E-state index in [1.165, 1.54) is 18.2 Å². The molecule has 3 rings (SSSR count). The Hall–Kier alpha value is -3.67. The van der Waals surface area contributed by atoms with Crippen LogP contribution in [0.2, 0.25) is 0 Å². The number of hydrogen-bond acceptors (Lipinski definition) is 5.